The van der Waals surface area contributed by atoms with Gasteiger partial charge in [0, 0.05) is 12.2 Å². The second-order valence-corrected chi connectivity index (χ2v) is 16.8. The number of hydrogen-bond donors (Lipinski definition) is 4. The lowest BCUT2D eigenvalue weighted by Crippen LogP contribution is -2.49. The topological polar surface area (TPSA) is 216 Å². The normalized spacial score (nSPS) is 20.8. The van der Waals surface area contributed by atoms with E-state index >= 15 is 0 Å². The number of aliphatic imine (C=N–C) groups is 1. The fraction of sp³-hybridized carbons (Fsp3) is 0.667. The van der Waals surface area contributed by atoms with E-state index < -0.39 is 56.9 Å². The highest BCUT2D eigenvalue weighted by Crippen LogP contribution is 2.48. The third kappa shape index (κ3) is 15.3. The first-order valence-electron chi connectivity index (χ1n) is 21.1. The van der Waals surface area contributed by atoms with E-state index in [1.54, 1.807) is 12.1 Å². The van der Waals surface area contributed by atoms with Gasteiger partial charge in [-0.3, -0.25) is 14.0 Å². The maximum atomic E-state index is 14.6. The van der Waals surface area contributed by atoms with E-state index in [4.69, 9.17) is 34.3 Å². The molecule has 2 aromatic heterocycles. The van der Waals surface area contributed by atoms with E-state index in [9.17, 15) is 24.1 Å². The van der Waals surface area contributed by atoms with E-state index in [1.165, 1.54) is 106 Å². The maximum Gasteiger partial charge on any atom is 0.472 e. The lowest BCUT2D eigenvalue weighted by Gasteiger charge is -2.30. The molecule has 6 atom stereocenters. The average Bonchev–Trinajstić information content (AvgIpc) is 3.76. The summed E-state index contributed by atoms with van der Waals surface area (Å²) in [7, 11) is -4.85. The smallest absolute Gasteiger partial charge is 0.387 e. The molecule has 1 fully saturated rings. The van der Waals surface area contributed by atoms with Crippen molar-refractivity contribution in [1.82, 2.24) is 14.6 Å². The van der Waals surface area contributed by atoms with Gasteiger partial charge in [0.05, 0.1) is 50.3 Å². The molecule has 59 heavy (non-hydrogen) atoms. The van der Waals surface area contributed by atoms with E-state index in [0.717, 1.165) is 25.3 Å². The number of phosphoric ester groups is 1. The van der Waals surface area contributed by atoms with Crippen LogP contribution in [0.2, 0.25) is 0 Å². The summed E-state index contributed by atoms with van der Waals surface area (Å²) in [4.78, 5) is 18.5. The standard InChI is InChI=1S/C42H64FN6O9P/c1-3-4-5-6-7-8-9-10-11-12-13-14-15-16-17-18-23-54-27-34(55-26-33-20-19-32(25-44)24-35(33)43)28-56-59(52,53)57-30-42(29-46-2)40(51)38(50)39(58-42)36-21-22-37-41(45)47-31-48-49(36)37/h19-22,24,31,34,38-40,50-51H,2-18,23,26-30H2,1H3,(H,52,53)(H2,45,47,48)/t34-,38+,39+,40+,42-/m1/s1. The molecule has 1 aromatic carbocycles. The molecule has 3 aromatic rings. The number of unbranched alkanes of at least 4 members (excludes halogenated alkanes) is 15. The Labute approximate surface area is 347 Å². The van der Waals surface area contributed by atoms with E-state index in [0.29, 0.717) is 17.8 Å². The number of halogens is 1. The molecule has 1 aliphatic heterocycles. The highest BCUT2D eigenvalue weighted by molar-refractivity contribution is 7.47. The Morgan fingerprint density at radius 3 is 2.25 bits per heavy atom. The van der Waals surface area contributed by atoms with Crippen molar-refractivity contribution in [3.63, 3.8) is 0 Å². The van der Waals surface area contributed by atoms with Crippen LogP contribution in [0.3, 0.4) is 0 Å². The summed E-state index contributed by atoms with van der Waals surface area (Å²) >= 11 is 0. The fourth-order valence-corrected chi connectivity index (χ4v) is 8.05. The number of nitriles is 1. The number of aliphatic hydroxyl groups excluding tert-OH is 2. The van der Waals surface area contributed by atoms with Crippen molar-refractivity contribution < 1.29 is 47.3 Å². The Balaban J connectivity index is 1.22. The Hall–Kier alpha value is -3.36. The second-order valence-electron chi connectivity index (χ2n) is 15.4. The number of ether oxygens (including phenoxy) is 3. The van der Waals surface area contributed by atoms with Gasteiger partial charge >= 0.3 is 7.82 Å². The van der Waals surface area contributed by atoms with Gasteiger partial charge in [-0.25, -0.2) is 18.5 Å². The summed E-state index contributed by atoms with van der Waals surface area (Å²) in [6.45, 7) is 4.43. The number of rotatable bonds is 31. The molecule has 0 aliphatic carbocycles. The molecule has 5 N–H and O–H groups in total. The molecule has 0 bridgehead atoms. The quantitative estimate of drug-likeness (QED) is 0.0280. The number of aliphatic hydroxyl groups is 2. The summed E-state index contributed by atoms with van der Waals surface area (Å²) in [5.41, 5.74) is 5.28. The summed E-state index contributed by atoms with van der Waals surface area (Å²) < 4.78 is 57.8. The third-order valence-corrected chi connectivity index (χ3v) is 11.6. The van der Waals surface area contributed by atoms with Crippen LogP contribution in [-0.2, 0) is 34.4 Å². The Morgan fingerprint density at radius 1 is 1.00 bits per heavy atom. The third-order valence-electron chi connectivity index (χ3n) is 10.7. The number of nitrogens with two attached hydrogens (primary N) is 1. The molecule has 0 spiro atoms. The number of nitrogen functional groups attached to an aromatic ring is 1. The first kappa shape index (κ1) is 48.3. The molecule has 1 aliphatic rings. The monoisotopic (exact) mass is 846 g/mol. The van der Waals surface area contributed by atoms with Crippen molar-refractivity contribution in [2.75, 3.05) is 38.7 Å². The number of hydrogen-bond acceptors (Lipinski definition) is 13. The molecule has 0 radical (unpaired) electrons. The number of phosphoric acid groups is 1. The number of aromatic nitrogens is 3. The van der Waals surface area contributed by atoms with Crippen molar-refractivity contribution in [2.24, 2.45) is 4.99 Å². The van der Waals surface area contributed by atoms with Crippen LogP contribution in [0.4, 0.5) is 10.2 Å². The average molecular weight is 847 g/mol. The van der Waals surface area contributed by atoms with E-state index in [1.807, 2.05) is 6.07 Å². The largest absolute Gasteiger partial charge is 0.472 e. The van der Waals surface area contributed by atoms with Crippen molar-refractivity contribution >= 4 is 25.9 Å². The summed E-state index contributed by atoms with van der Waals surface area (Å²) in [6.07, 6.45) is 16.1. The van der Waals surface area contributed by atoms with Gasteiger partial charge in [-0.05, 0) is 37.4 Å². The van der Waals surface area contributed by atoms with Crippen LogP contribution >= 0.6 is 7.82 Å². The number of nitrogens with zero attached hydrogens (tertiary/aromatic N) is 5. The molecule has 1 saturated heterocycles. The summed E-state index contributed by atoms with van der Waals surface area (Å²) in [5.74, 6) is -0.440. The fourth-order valence-electron chi connectivity index (χ4n) is 7.24. The van der Waals surface area contributed by atoms with Gasteiger partial charge in [-0.15, -0.1) is 0 Å². The van der Waals surface area contributed by atoms with Gasteiger partial charge < -0.3 is 35.1 Å². The minimum atomic E-state index is -4.85. The van der Waals surface area contributed by atoms with Gasteiger partial charge in [-0.2, -0.15) is 10.4 Å². The summed E-state index contributed by atoms with van der Waals surface area (Å²) in [6, 6.07) is 9.12. The minimum absolute atomic E-state index is 0.0179. The maximum absolute atomic E-state index is 14.6. The molecular weight excluding hydrogens is 782 g/mol. The van der Waals surface area contributed by atoms with Gasteiger partial charge in [0.25, 0.3) is 0 Å². The molecule has 15 nitrogen and oxygen atoms in total. The van der Waals surface area contributed by atoms with Crippen LogP contribution in [0.25, 0.3) is 5.52 Å². The highest BCUT2D eigenvalue weighted by Gasteiger charge is 2.56. The van der Waals surface area contributed by atoms with Crippen molar-refractivity contribution in [3.05, 3.63) is 59.3 Å². The first-order valence-corrected chi connectivity index (χ1v) is 22.6. The molecule has 0 saturated carbocycles. The zero-order chi connectivity index (χ0) is 42.5. The van der Waals surface area contributed by atoms with Crippen molar-refractivity contribution in [2.45, 2.75) is 146 Å². The molecule has 0 amide bonds. The first-order chi connectivity index (χ1) is 28.5. The zero-order valence-electron chi connectivity index (χ0n) is 34.5. The van der Waals surface area contributed by atoms with Crippen LogP contribution in [0.1, 0.15) is 133 Å². The minimum Gasteiger partial charge on any atom is -0.387 e. The Bertz CT molecular complexity index is 1800. The molecule has 4 rings (SSSR count). The number of anilines is 1. The Kier molecular flexibility index (Phi) is 20.8. The van der Waals surface area contributed by atoms with E-state index in [-0.39, 0.29) is 36.7 Å². The SMILES string of the molecule is C=NC[C@]1(COP(=O)(O)OC[C@@H](COCCCCCCCCCCCCCCCCCC)OCc2ccc(C#N)cc2F)O[C@@H](c2ccc3c(N)ncnn23)[C@H](O)[C@@H]1O. The van der Waals surface area contributed by atoms with Crippen LogP contribution < -0.4 is 5.73 Å². The van der Waals surface area contributed by atoms with Gasteiger partial charge in [0.2, 0.25) is 0 Å². The van der Waals surface area contributed by atoms with Crippen LogP contribution in [0.15, 0.2) is 41.7 Å². The lowest BCUT2D eigenvalue weighted by atomic mass is 9.95. The lowest BCUT2D eigenvalue weighted by molar-refractivity contribution is -0.107. The van der Waals surface area contributed by atoms with Crippen LogP contribution in [0.5, 0.6) is 0 Å². The summed E-state index contributed by atoms with van der Waals surface area (Å²) in [5, 5.41) is 35.5. The van der Waals surface area contributed by atoms with Crippen LogP contribution in [0, 0.1) is 17.1 Å². The zero-order valence-corrected chi connectivity index (χ0v) is 35.4. The van der Waals surface area contributed by atoms with E-state index in [2.05, 4.69) is 28.7 Å². The molecule has 17 heteroatoms. The molecule has 328 valence electrons. The predicted molar refractivity (Wildman–Crippen MR) is 222 cm³/mol. The second kappa shape index (κ2) is 25.4. The molecular formula is C42H64FN6O9P. The van der Waals surface area contributed by atoms with Gasteiger partial charge in [0.1, 0.15) is 47.7 Å². The molecule has 3 heterocycles. The van der Waals surface area contributed by atoms with Gasteiger partial charge in [0.15, 0.2) is 5.82 Å². The van der Waals surface area contributed by atoms with Crippen molar-refractivity contribution in [3.8, 4) is 6.07 Å². The highest BCUT2D eigenvalue weighted by atomic mass is 31.2. The van der Waals surface area contributed by atoms with Crippen molar-refractivity contribution in [1.29, 1.82) is 5.26 Å². The Morgan fingerprint density at radius 2 is 1.64 bits per heavy atom. The number of fused-ring (bicyclic) bond motifs is 1. The number of benzene rings is 1. The van der Waals surface area contributed by atoms with Crippen LogP contribution in [-0.4, -0.2) is 93.3 Å². The molecule has 1 unspecified atom stereocenters. The van der Waals surface area contributed by atoms with Gasteiger partial charge in [-0.1, -0.05) is 109 Å². The predicted octanol–water partition coefficient (Wildman–Crippen LogP) is 7.55.